The number of hydrogen-bond donors (Lipinski definition) is 3. The molecule has 168 valence electrons. The van der Waals surface area contributed by atoms with E-state index in [1.807, 2.05) is 0 Å². The monoisotopic (exact) mass is 455 g/mol. The zero-order valence-corrected chi connectivity index (χ0v) is 17.8. The van der Waals surface area contributed by atoms with Crippen LogP contribution in [0.15, 0.2) is 17.3 Å². The van der Waals surface area contributed by atoms with E-state index in [1.54, 1.807) is 6.92 Å². The summed E-state index contributed by atoms with van der Waals surface area (Å²) in [5.41, 5.74) is -0.508. The van der Waals surface area contributed by atoms with Crippen LogP contribution in [0.1, 0.15) is 44.9 Å². The summed E-state index contributed by atoms with van der Waals surface area (Å²) >= 11 is 1.14. The van der Waals surface area contributed by atoms with Crippen LogP contribution in [0.4, 0.5) is 18.9 Å². The third-order valence-corrected chi connectivity index (χ3v) is 6.12. The fourth-order valence-corrected chi connectivity index (χ4v) is 4.19. The predicted octanol–water partition coefficient (Wildman–Crippen LogP) is 3.58. The maximum atomic E-state index is 13.6. The molecule has 2 aromatic rings. The van der Waals surface area contributed by atoms with Crippen LogP contribution in [-0.2, 0) is 16.0 Å². The number of thioether (sulfide) groups is 1. The number of aryl methyl sites for hydroxylation is 1. The number of halogens is 3. The third kappa shape index (κ3) is 6.46. The van der Waals surface area contributed by atoms with Crippen molar-refractivity contribution < 1.29 is 22.8 Å². The number of benzene rings is 1. The van der Waals surface area contributed by atoms with Crippen molar-refractivity contribution in [2.75, 3.05) is 11.9 Å². The molecule has 1 atom stereocenters. The van der Waals surface area contributed by atoms with Crippen LogP contribution in [0.5, 0.6) is 0 Å². The molecule has 7 nitrogen and oxygen atoms in total. The Labute approximate surface area is 182 Å². The topological polar surface area (TPSA) is 99.8 Å². The van der Waals surface area contributed by atoms with E-state index in [0.29, 0.717) is 11.2 Å². The number of carbonyl (C=O) groups excluding carboxylic acids is 2. The van der Waals surface area contributed by atoms with Gasteiger partial charge < -0.3 is 10.6 Å². The van der Waals surface area contributed by atoms with E-state index in [0.717, 1.165) is 42.4 Å². The fourth-order valence-electron chi connectivity index (χ4n) is 3.42. The second-order valence-electron chi connectivity index (χ2n) is 7.50. The molecule has 0 bridgehead atoms. The largest absolute Gasteiger partial charge is 0.346 e. The molecule has 1 aromatic carbocycles. The number of aromatic nitrogens is 3. The summed E-state index contributed by atoms with van der Waals surface area (Å²) in [6.45, 7) is 1.18. The molecule has 0 saturated heterocycles. The minimum atomic E-state index is -1.68. The number of H-pyrrole nitrogens is 1. The summed E-state index contributed by atoms with van der Waals surface area (Å²) in [6.07, 6.45) is 7.01. The molecule has 0 spiro atoms. The van der Waals surface area contributed by atoms with Gasteiger partial charge in [-0.05, 0) is 31.4 Å². The summed E-state index contributed by atoms with van der Waals surface area (Å²) in [6, 6.07) is 1.60. The van der Waals surface area contributed by atoms with Crippen LogP contribution in [0.2, 0.25) is 0 Å². The highest BCUT2D eigenvalue weighted by molar-refractivity contribution is 8.00. The quantitative estimate of drug-likeness (QED) is 0.397. The number of rotatable bonds is 9. The van der Waals surface area contributed by atoms with Gasteiger partial charge in [0.25, 0.3) is 0 Å². The van der Waals surface area contributed by atoms with E-state index in [4.69, 9.17) is 0 Å². The Morgan fingerprint density at radius 3 is 2.71 bits per heavy atom. The first kappa shape index (κ1) is 23.1. The van der Waals surface area contributed by atoms with E-state index in [1.165, 1.54) is 25.7 Å². The molecule has 3 rings (SSSR count). The highest BCUT2D eigenvalue weighted by atomic mass is 32.2. The molecule has 1 saturated carbocycles. The molecular weight excluding hydrogens is 431 g/mol. The van der Waals surface area contributed by atoms with E-state index < -0.39 is 46.7 Å². The average Bonchev–Trinajstić information content (AvgIpc) is 3.43. The molecule has 1 heterocycles. The molecule has 1 aliphatic rings. The van der Waals surface area contributed by atoms with Gasteiger partial charge in [-0.2, -0.15) is 0 Å². The second kappa shape index (κ2) is 10.7. The SMILES string of the molecule is CC(Sc1n[nH]c(CCC2CCCC2)n1)C(=O)NCC(=O)Nc1ccc(F)c(F)c1F. The molecule has 1 aromatic heterocycles. The van der Waals surface area contributed by atoms with Crippen molar-refractivity contribution in [3.8, 4) is 0 Å². The van der Waals surface area contributed by atoms with Crippen LogP contribution < -0.4 is 10.6 Å². The van der Waals surface area contributed by atoms with Crippen LogP contribution in [0.25, 0.3) is 0 Å². The van der Waals surface area contributed by atoms with Gasteiger partial charge in [0.2, 0.25) is 17.0 Å². The van der Waals surface area contributed by atoms with Crippen LogP contribution in [0, 0.1) is 23.4 Å². The van der Waals surface area contributed by atoms with E-state index in [2.05, 4.69) is 25.8 Å². The smallest absolute Gasteiger partial charge is 0.243 e. The maximum absolute atomic E-state index is 13.6. The molecule has 1 aliphatic carbocycles. The normalized spacial score (nSPS) is 15.1. The summed E-state index contributed by atoms with van der Waals surface area (Å²) < 4.78 is 39.7. The number of anilines is 1. The van der Waals surface area contributed by atoms with Gasteiger partial charge in [0.05, 0.1) is 17.5 Å². The van der Waals surface area contributed by atoms with Crippen LogP contribution in [-0.4, -0.2) is 38.8 Å². The number of carbonyl (C=O) groups is 2. The number of amides is 2. The highest BCUT2D eigenvalue weighted by Gasteiger charge is 2.20. The van der Waals surface area contributed by atoms with E-state index in [-0.39, 0.29) is 0 Å². The molecule has 0 radical (unpaired) electrons. The standard InChI is InChI=1S/C20H24F3N5O2S/c1-11(31-20-26-15(27-28-20)9-6-12-4-2-3-5-12)19(30)24-10-16(29)25-14-8-7-13(21)17(22)18(14)23/h7-8,11-12H,2-6,9-10H2,1H3,(H,24,30)(H,25,29)(H,26,27,28). The second-order valence-corrected chi connectivity index (χ2v) is 8.81. The van der Waals surface area contributed by atoms with Gasteiger partial charge in [-0.25, -0.2) is 18.2 Å². The summed E-state index contributed by atoms with van der Waals surface area (Å²) in [5, 5.41) is 11.4. The van der Waals surface area contributed by atoms with Gasteiger partial charge in [-0.15, -0.1) is 5.10 Å². The van der Waals surface area contributed by atoms with Gasteiger partial charge in [-0.3, -0.25) is 14.7 Å². The Bertz CT molecular complexity index is 934. The first-order chi connectivity index (χ1) is 14.8. The number of nitrogens with one attached hydrogen (secondary N) is 3. The Morgan fingerprint density at radius 1 is 1.23 bits per heavy atom. The molecule has 11 heteroatoms. The Kier molecular flexibility index (Phi) is 7.94. The molecule has 1 fully saturated rings. The minimum absolute atomic E-state index is 0.441. The molecule has 1 unspecified atom stereocenters. The lowest BCUT2D eigenvalue weighted by Gasteiger charge is -2.11. The summed E-state index contributed by atoms with van der Waals surface area (Å²) in [4.78, 5) is 28.5. The lowest BCUT2D eigenvalue weighted by atomic mass is 10.0. The average molecular weight is 456 g/mol. The first-order valence-electron chi connectivity index (χ1n) is 10.1. The molecule has 0 aliphatic heterocycles. The molecule has 31 heavy (non-hydrogen) atoms. The van der Waals surface area contributed by atoms with Crippen molar-refractivity contribution in [2.24, 2.45) is 5.92 Å². The fraction of sp³-hybridized carbons (Fsp3) is 0.500. The first-order valence-corrected chi connectivity index (χ1v) is 11.0. The number of nitrogens with zero attached hydrogens (tertiary/aromatic N) is 2. The van der Waals surface area contributed by atoms with Crippen LogP contribution in [0.3, 0.4) is 0 Å². The zero-order valence-electron chi connectivity index (χ0n) is 17.0. The molecule has 3 N–H and O–H groups in total. The maximum Gasteiger partial charge on any atom is 0.243 e. The van der Waals surface area contributed by atoms with Crippen molar-refractivity contribution >= 4 is 29.3 Å². The van der Waals surface area contributed by atoms with Gasteiger partial charge in [0, 0.05) is 6.42 Å². The number of hydrogen-bond acceptors (Lipinski definition) is 5. The van der Waals surface area contributed by atoms with E-state index >= 15 is 0 Å². The zero-order chi connectivity index (χ0) is 22.4. The van der Waals surface area contributed by atoms with Crippen molar-refractivity contribution in [3.63, 3.8) is 0 Å². The van der Waals surface area contributed by atoms with Crippen molar-refractivity contribution in [3.05, 3.63) is 35.4 Å². The van der Waals surface area contributed by atoms with Gasteiger partial charge in [0.1, 0.15) is 5.82 Å². The predicted molar refractivity (Wildman–Crippen MR) is 110 cm³/mol. The van der Waals surface area contributed by atoms with Gasteiger partial charge in [-0.1, -0.05) is 37.4 Å². The lowest BCUT2D eigenvalue weighted by Crippen LogP contribution is -2.37. The number of aromatic amines is 1. The Morgan fingerprint density at radius 2 is 1.97 bits per heavy atom. The van der Waals surface area contributed by atoms with Crippen molar-refractivity contribution in [2.45, 2.75) is 55.9 Å². The molecular formula is C20H24F3N5O2S. The van der Waals surface area contributed by atoms with Gasteiger partial charge >= 0.3 is 0 Å². The van der Waals surface area contributed by atoms with Crippen LogP contribution >= 0.6 is 11.8 Å². The summed E-state index contributed by atoms with van der Waals surface area (Å²) in [5.74, 6) is -4.22. The third-order valence-electron chi connectivity index (χ3n) is 5.16. The summed E-state index contributed by atoms with van der Waals surface area (Å²) in [7, 11) is 0. The Hall–Kier alpha value is -2.56. The van der Waals surface area contributed by atoms with Crippen molar-refractivity contribution in [1.82, 2.24) is 20.5 Å². The highest BCUT2D eigenvalue weighted by Crippen LogP contribution is 2.28. The minimum Gasteiger partial charge on any atom is -0.346 e. The Balaban J connectivity index is 1.42. The van der Waals surface area contributed by atoms with E-state index in [9.17, 15) is 22.8 Å². The lowest BCUT2D eigenvalue weighted by molar-refractivity contribution is -0.123. The molecule has 2 amide bonds. The van der Waals surface area contributed by atoms with Gasteiger partial charge in [0.15, 0.2) is 17.5 Å². The van der Waals surface area contributed by atoms with Crippen molar-refractivity contribution in [1.29, 1.82) is 0 Å².